The second-order valence-electron chi connectivity index (χ2n) is 3.43. The lowest BCUT2D eigenvalue weighted by atomic mass is 10.5. The summed E-state index contributed by atoms with van der Waals surface area (Å²) in [7, 11) is 0. The number of hydrogen-bond donors (Lipinski definition) is 1. The number of fused-ring (bicyclic) bond motifs is 1. The van der Waals surface area contributed by atoms with Crippen LogP contribution in [0.3, 0.4) is 0 Å². The molecule has 0 radical (unpaired) electrons. The van der Waals surface area contributed by atoms with Crippen LogP contribution in [0.2, 0.25) is 0 Å². The van der Waals surface area contributed by atoms with Gasteiger partial charge in [-0.15, -0.1) is 15.3 Å². The van der Waals surface area contributed by atoms with Gasteiger partial charge in [-0.05, 0) is 18.4 Å². The number of alkyl halides is 3. The van der Waals surface area contributed by atoms with Crippen LogP contribution in [0.5, 0.6) is 0 Å². The smallest absolute Gasteiger partial charge is 0.368 e. The van der Waals surface area contributed by atoms with Crippen LogP contribution in [0.4, 0.5) is 19.0 Å². The molecule has 0 spiro atoms. The highest BCUT2D eigenvalue weighted by Crippen LogP contribution is 2.27. The van der Waals surface area contributed by atoms with Crippen molar-refractivity contribution in [1.29, 1.82) is 0 Å². The van der Waals surface area contributed by atoms with Gasteiger partial charge in [0.15, 0.2) is 5.65 Å². The molecule has 0 saturated carbocycles. The van der Waals surface area contributed by atoms with Crippen LogP contribution >= 0.6 is 11.8 Å². The Morgan fingerprint density at radius 1 is 1.33 bits per heavy atom. The second kappa shape index (κ2) is 5.01. The minimum absolute atomic E-state index is 0.0674. The van der Waals surface area contributed by atoms with Gasteiger partial charge in [0.2, 0.25) is 0 Å². The molecule has 0 bridgehead atoms. The van der Waals surface area contributed by atoms with Crippen molar-refractivity contribution in [2.75, 3.05) is 23.9 Å². The first-order valence-electron chi connectivity index (χ1n) is 5.05. The zero-order valence-corrected chi connectivity index (χ0v) is 10.2. The van der Waals surface area contributed by atoms with E-state index in [9.17, 15) is 13.2 Å². The van der Waals surface area contributed by atoms with Gasteiger partial charge in [0, 0.05) is 12.3 Å². The molecule has 18 heavy (non-hydrogen) atoms. The summed E-state index contributed by atoms with van der Waals surface area (Å²) in [4.78, 5) is 0. The molecule has 0 atom stereocenters. The quantitative estimate of drug-likeness (QED) is 0.865. The molecular formula is C9H10F3N5S. The zero-order valence-electron chi connectivity index (χ0n) is 9.40. The highest BCUT2D eigenvalue weighted by Gasteiger charge is 2.37. The van der Waals surface area contributed by atoms with Gasteiger partial charge in [0.1, 0.15) is 5.82 Å². The Morgan fingerprint density at radius 3 is 2.78 bits per heavy atom. The predicted molar refractivity (Wildman–Crippen MR) is 62.7 cm³/mol. The van der Waals surface area contributed by atoms with Crippen molar-refractivity contribution in [3.63, 3.8) is 0 Å². The molecule has 0 aliphatic carbocycles. The molecule has 0 amide bonds. The van der Waals surface area contributed by atoms with Crippen molar-refractivity contribution in [1.82, 2.24) is 19.8 Å². The monoisotopic (exact) mass is 277 g/mol. The summed E-state index contributed by atoms with van der Waals surface area (Å²) < 4.78 is 38.5. The SMILES string of the molecule is CSCCNc1ccc2nnc(C(F)(F)F)n2n1. The van der Waals surface area contributed by atoms with E-state index in [1.54, 1.807) is 17.8 Å². The second-order valence-corrected chi connectivity index (χ2v) is 4.42. The Kier molecular flexibility index (Phi) is 3.60. The van der Waals surface area contributed by atoms with Crippen LogP contribution in [-0.2, 0) is 6.18 Å². The standard InChI is InChI=1S/C9H10F3N5S/c1-18-5-4-13-6-2-3-7-14-15-8(9(10,11)12)17(7)16-6/h2-3H,4-5H2,1H3,(H,13,16). The minimum atomic E-state index is -4.57. The third-order valence-electron chi connectivity index (χ3n) is 2.13. The summed E-state index contributed by atoms with van der Waals surface area (Å²) in [5.74, 6) is 0.0847. The Labute approximate surface area is 105 Å². The van der Waals surface area contributed by atoms with Crippen molar-refractivity contribution in [3.05, 3.63) is 18.0 Å². The van der Waals surface area contributed by atoms with Crippen LogP contribution in [0.15, 0.2) is 12.1 Å². The van der Waals surface area contributed by atoms with Crippen molar-refractivity contribution in [2.45, 2.75) is 6.18 Å². The lowest BCUT2D eigenvalue weighted by molar-refractivity contribution is -0.146. The van der Waals surface area contributed by atoms with E-state index in [-0.39, 0.29) is 5.65 Å². The Bertz CT molecular complexity index is 538. The van der Waals surface area contributed by atoms with Crippen LogP contribution in [-0.4, -0.2) is 38.4 Å². The topological polar surface area (TPSA) is 55.1 Å². The summed E-state index contributed by atoms with van der Waals surface area (Å²) in [6.07, 6.45) is -2.62. The van der Waals surface area contributed by atoms with E-state index in [2.05, 4.69) is 20.6 Å². The van der Waals surface area contributed by atoms with Gasteiger partial charge < -0.3 is 5.32 Å². The van der Waals surface area contributed by atoms with E-state index < -0.39 is 12.0 Å². The zero-order chi connectivity index (χ0) is 13.2. The summed E-state index contributed by atoms with van der Waals surface area (Å²) >= 11 is 1.63. The molecule has 98 valence electrons. The van der Waals surface area contributed by atoms with E-state index >= 15 is 0 Å². The van der Waals surface area contributed by atoms with E-state index in [1.807, 2.05) is 6.26 Å². The van der Waals surface area contributed by atoms with Gasteiger partial charge in [-0.2, -0.15) is 29.4 Å². The number of aromatic nitrogens is 4. The van der Waals surface area contributed by atoms with Crippen molar-refractivity contribution >= 4 is 23.2 Å². The lowest BCUT2D eigenvalue weighted by Gasteiger charge is -2.06. The van der Waals surface area contributed by atoms with Crippen LogP contribution in [0.25, 0.3) is 5.65 Å². The van der Waals surface area contributed by atoms with Gasteiger partial charge in [-0.1, -0.05) is 0 Å². The Hall–Kier alpha value is -1.51. The summed E-state index contributed by atoms with van der Waals surface area (Å²) in [5.41, 5.74) is 0.0674. The average molecular weight is 277 g/mol. The molecule has 0 fully saturated rings. The number of nitrogens with zero attached hydrogens (tertiary/aromatic N) is 4. The molecule has 0 aromatic carbocycles. The lowest BCUT2D eigenvalue weighted by Crippen LogP contribution is -2.14. The van der Waals surface area contributed by atoms with E-state index in [4.69, 9.17) is 0 Å². The third kappa shape index (κ3) is 2.66. The molecule has 0 unspecified atom stereocenters. The predicted octanol–water partition coefficient (Wildman–Crippen LogP) is 1.92. The van der Waals surface area contributed by atoms with Crippen molar-refractivity contribution in [3.8, 4) is 0 Å². The van der Waals surface area contributed by atoms with Crippen molar-refractivity contribution < 1.29 is 13.2 Å². The van der Waals surface area contributed by atoms with E-state index in [0.29, 0.717) is 16.9 Å². The maximum atomic E-state index is 12.6. The first-order valence-corrected chi connectivity index (χ1v) is 6.44. The number of nitrogens with one attached hydrogen (secondary N) is 1. The number of rotatable bonds is 4. The number of hydrogen-bond acceptors (Lipinski definition) is 5. The molecular weight excluding hydrogens is 267 g/mol. The van der Waals surface area contributed by atoms with Crippen LogP contribution in [0.1, 0.15) is 5.82 Å². The Morgan fingerprint density at radius 2 is 2.11 bits per heavy atom. The molecule has 2 aromatic heterocycles. The fourth-order valence-electron chi connectivity index (χ4n) is 1.34. The largest absolute Gasteiger partial charge is 0.453 e. The fraction of sp³-hybridized carbons (Fsp3) is 0.444. The summed E-state index contributed by atoms with van der Waals surface area (Å²) in [5, 5.41) is 13.3. The van der Waals surface area contributed by atoms with Crippen LogP contribution in [0, 0.1) is 0 Å². The van der Waals surface area contributed by atoms with Crippen LogP contribution < -0.4 is 5.32 Å². The molecule has 1 N–H and O–H groups in total. The van der Waals surface area contributed by atoms with Gasteiger partial charge in [-0.25, -0.2) is 0 Å². The van der Waals surface area contributed by atoms with Gasteiger partial charge >= 0.3 is 6.18 Å². The molecule has 0 aliphatic heterocycles. The molecule has 2 aromatic rings. The number of anilines is 1. The summed E-state index contributed by atoms with van der Waals surface area (Å²) in [6.45, 7) is 0.628. The normalized spacial score (nSPS) is 12.0. The van der Waals surface area contributed by atoms with E-state index in [1.165, 1.54) is 6.07 Å². The molecule has 0 aliphatic rings. The number of thioether (sulfide) groups is 1. The highest BCUT2D eigenvalue weighted by atomic mass is 32.2. The minimum Gasteiger partial charge on any atom is -0.368 e. The first kappa shape index (κ1) is 12.9. The maximum absolute atomic E-state index is 12.6. The molecule has 2 rings (SSSR count). The molecule has 0 saturated heterocycles. The third-order valence-corrected chi connectivity index (χ3v) is 2.74. The average Bonchev–Trinajstić information content (AvgIpc) is 2.72. The number of halogens is 3. The maximum Gasteiger partial charge on any atom is 0.453 e. The molecule has 2 heterocycles. The summed E-state index contributed by atoms with van der Waals surface area (Å²) in [6, 6.07) is 3.02. The molecule has 5 nitrogen and oxygen atoms in total. The molecule has 9 heteroatoms. The van der Waals surface area contributed by atoms with Gasteiger partial charge in [0.25, 0.3) is 5.82 Å². The van der Waals surface area contributed by atoms with Gasteiger partial charge in [-0.3, -0.25) is 0 Å². The van der Waals surface area contributed by atoms with Gasteiger partial charge in [0.05, 0.1) is 0 Å². The highest BCUT2D eigenvalue weighted by molar-refractivity contribution is 7.98. The van der Waals surface area contributed by atoms with E-state index in [0.717, 1.165) is 5.75 Å². The first-order chi connectivity index (χ1) is 8.52. The van der Waals surface area contributed by atoms with Crippen molar-refractivity contribution in [2.24, 2.45) is 0 Å². The Balaban J connectivity index is 2.31. The fourth-order valence-corrected chi connectivity index (χ4v) is 1.65.